The van der Waals surface area contributed by atoms with Crippen LogP contribution in [-0.4, -0.2) is 5.11 Å². The van der Waals surface area contributed by atoms with E-state index in [1.165, 1.54) is 0 Å². The number of nitroso groups, excluding NO2 is 1. The summed E-state index contributed by atoms with van der Waals surface area (Å²) in [6.07, 6.45) is 2.75. The summed E-state index contributed by atoms with van der Waals surface area (Å²) in [5.41, 5.74) is 2.05. The van der Waals surface area contributed by atoms with Crippen LogP contribution in [0.5, 0.6) is 5.75 Å². The monoisotopic (exact) mass is 177 g/mol. The summed E-state index contributed by atoms with van der Waals surface area (Å²) in [5.74, 6) is 0.269. The lowest BCUT2D eigenvalue weighted by Gasteiger charge is -2.19. The molecule has 13 heavy (non-hydrogen) atoms. The van der Waals surface area contributed by atoms with E-state index >= 15 is 0 Å². The summed E-state index contributed by atoms with van der Waals surface area (Å²) in [6, 6.07) is 4.94. The Morgan fingerprint density at radius 1 is 1.46 bits per heavy atom. The topological polar surface area (TPSA) is 49.7 Å². The maximum absolute atomic E-state index is 10.5. The molecule has 0 spiro atoms. The molecule has 1 aromatic rings. The Kier molecular flexibility index (Phi) is 2.00. The number of rotatable bonds is 1. The molecular weight excluding hydrogens is 166 g/mol. The van der Waals surface area contributed by atoms with Gasteiger partial charge in [-0.1, -0.05) is 11.2 Å². The van der Waals surface area contributed by atoms with Crippen LogP contribution in [0.2, 0.25) is 0 Å². The lowest BCUT2D eigenvalue weighted by Crippen LogP contribution is -2.06. The average Bonchev–Trinajstić information content (AvgIpc) is 2.16. The lowest BCUT2D eigenvalue weighted by atomic mass is 9.88. The van der Waals surface area contributed by atoms with E-state index < -0.39 is 0 Å². The van der Waals surface area contributed by atoms with Crippen molar-refractivity contribution >= 4 is 0 Å². The van der Waals surface area contributed by atoms with Crippen LogP contribution >= 0.6 is 0 Å². The molecule has 1 aromatic carbocycles. The number of phenols is 1. The Balaban J connectivity index is 2.45. The molecule has 0 fully saturated rings. The minimum Gasteiger partial charge on any atom is -0.508 e. The van der Waals surface area contributed by atoms with E-state index in [1.807, 2.05) is 0 Å². The van der Waals surface area contributed by atoms with Gasteiger partial charge in [-0.25, -0.2) is 0 Å². The fourth-order valence-electron chi connectivity index (χ4n) is 1.88. The minimum atomic E-state index is -0.204. The molecule has 3 nitrogen and oxygen atoms in total. The predicted molar refractivity (Wildman–Crippen MR) is 49.6 cm³/mol. The van der Waals surface area contributed by atoms with Gasteiger partial charge in [0.1, 0.15) is 11.8 Å². The van der Waals surface area contributed by atoms with Crippen LogP contribution in [0.15, 0.2) is 23.4 Å². The van der Waals surface area contributed by atoms with Gasteiger partial charge in [0.15, 0.2) is 0 Å². The van der Waals surface area contributed by atoms with E-state index in [-0.39, 0.29) is 11.8 Å². The molecule has 0 saturated heterocycles. The first-order chi connectivity index (χ1) is 6.31. The summed E-state index contributed by atoms with van der Waals surface area (Å²) in [6.45, 7) is 0. The quantitative estimate of drug-likeness (QED) is 0.670. The molecule has 0 aromatic heterocycles. The number of aryl methyl sites for hydroxylation is 1. The van der Waals surface area contributed by atoms with Crippen molar-refractivity contribution in [2.45, 2.75) is 25.3 Å². The summed E-state index contributed by atoms with van der Waals surface area (Å²) < 4.78 is 0. The smallest absolute Gasteiger partial charge is 0.117 e. The molecule has 0 saturated carbocycles. The number of phenolic OH excluding ortho intramolecular Hbond substituents is 1. The zero-order chi connectivity index (χ0) is 9.26. The fraction of sp³-hybridized carbons (Fsp3) is 0.400. The van der Waals surface area contributed by atoms with Crippen molar-refractivity contribution in [2.75, 3.05) is 0 Å². The minimum absolute atomic E-state index is 0.204. The van der Waals surface area contributed by atoms with Crippen molar-refractivity contribution in [3.05, 3.63) is 34.2 Å². The Labute approximate surface area is 76.4 Å². The van der Waals surface area contributed by atoms with Crippen molar-refractivity contribution in [2.24, 2.45) is 5.18 Å². The maximum Gasteiger partial charge on any atom is 0.117 e. The van der Waals surface area contributed by atoms with E-state index in [0.29, 0.717) is 0 Å². The maximum atomic E-state index is 10.5. The molecule has 1 N–H and O–H groups in total. The SMILES string of the molecule is O=NC1CCCc2cc(O)ccc21. The van der Waals surface area contributed by atoms with E-state index in [4.69, 9.17) is 0 Å². The second-order valence-corrected chi connectivity index (χ2v) is 3.40. The third-order valence-corrected chi connectivity index (χ3v) is 2.54. The molecule has 3 heteroatoms. The predicted octanol–water partition coefficient (Wildman–Crippen LogP) is 2.54. The first kappa shape index (κ1) is 8.23. The molecule has 0 radical (unpaired) electrons. The Morgan fingerprint density at radius 2 is 2.31 bits per heavy atom. The van der Waals surface area contributed by atoms with Crippen molar-refractivity contribution in [1.82, 2.24) is 0 Å². The molecule has 0 amide bonds. The third kappa shape index (κ3) is 1.41. The van der Waals surface area contributed by atoms with Gasteiger partial charge in [0.05, 0.1) is 0 Å². The molecule has 2 rings (SSSR count). The van der Waals surface area contributed by atoms with E-state index in [1.54, 1.807) is 18.2 Å². The third-order valence-electron chi connectivity index (χ3n) is 2.54. The molecule has 0 bridgehead atoms. The fourth-order valence-corrected chi connectivity index (χ4v) is 1.88. The van der Waals surface area contributed by atoms with Gasteiger partial charge in [-0.2, -0.15) is 4.91 Å². The molecule has 1 aliphatic rings. The molecule has 1 aliphatic carbocycles. The number of hydrogen-bond acceptors (Lipinski definition) is 3. The molecule has 1 unspecified atom stereocenters. The first-order valence-electron chi connectivity index (χ1n) is 4.45. The summed E-state index contributed by atoms with van der Waals surface area (Å²) in [7, 11) is 0. The van der Waals surface area contributed by atoms with Crippen LogP contribution in [0.25, 0.3) is 0 Å². The zero-order valence-corrected chi connectivity index (χ0v) is 7.23. The van der Waals surface area contributed by atoms with Crippen molar-refractivity contribution < 1.29 is 5.11 Å². The van der Waals surface area contributed by atoms with Crippen molar-refractivity contribution in [3.8, 4) is 5.75 Å². The van der Waals surface area contributed by atoms with Gasteiger partial charge in [-0.05, 0) is 42.5 Å². The summed E-state index contributed by atoms with van der Waals surface area (Å²) in [4.78, 5) is 10.5. The summed E-state index contributed by atoms with van der Waals surface area (Å²) >= 11 is 0. The van der Waals surface area contributed by atoms with Crippen molar-refractivity contribution in [1.29, 1.82) is 0 Å². The highest BCUT2D eigenvalue weighted by Crippen LogP contribution is 2.33. The van der Waals surface area contributed by atoms with Crippen LogP contribution in [0.1, 0.15) is 30.0 Å². The zero-order valence-electron chi connectivity index (χ0n) is 7.23. The van der Waals surface area contributed by atoms with Gasteiger partial charge >= 0.3 is 0 Å². The Morgan fingerprint density at radius 3 is 3.08 bits per heavy atom. The number of hydrogen-bond donors (Lipinski definition) is 1. The Bertz CT molecular complexity index is 336. The van der Waals surface area contributed by atoms with Crippen LogP contribution in [-0.2, 0) is 6.42 Å². The molecular formula is C10H11NO2. The normalized spacial score (nSPS) is 20.8. The van der Waals surface area contributed by atoms with Gasteiger partial charge in [-0.3, -0.25) is 0 Å². The number of benzene rings is 1. The highest BCUT2D eigenvalue weighted by molar-refractivity contribution is 5.38. The van der Waals surface area contributed by atoms with E-state index in [9.17, 15) is 10.0 Å². The van der Waals surface area contributed by atoms with Crippen LogP contribution in [0, 0.1) is 4.91 Å². The Hall–Kier alpha value is -1.38. The number of aromatic hydroxyl groups is 1. The highest BCUT2D eigenvalue weighted by atomic mass is 16.3. The average molecular weight is 177 g/mol. The molecule has 1 atom stereocenters. The van der Waals surface area contributed by atoms with Gasteiger partial charge in [-0.15, -0.1) is 0 Å². The van der Waals surface area contributed by atoms with Gasteiger partial charge in [0, 0.05) is 0 Å². The highest BCUT2D eigenvalue weighted by Gasteiger charge is 2.20. The first-order valence-corrected chi connectivity index (χ1v) is 4.45. The van der Waals surface area contributed by atoms with Gasteiger partial charge in [0.25, 0.3) is 0 Å². The van der Waals surface area contributed by atoms with Crippen LogP contribution in [0.4, 0.5) is 0 Å². The summed E-state index contributed by atoms with van der Waals surface area (Å²) in [5, 5.41) is 12.3. The lowest BCUT2D eigenvalue weighted by molar-refractivity contribution is 0.471. The largest absolute Gasteiger partial charge is 0.508 e. The number of nitrogens with zero attached hydrogens (tertiary/aromatic N) is 1. The molecule has 68 valence electrons. The standard InChI is InChI=1S/C10H11NO2/c12-8-4-5-9-7(6-8)2-1-3-10(9)11-13/h4-6,10,12H,1-3H2. The van der Waals surface area contributed by atoms with E-state index in [0.717, 1.165) is 30.4 Å². The van der Waals surface area contributed by atoms with Gasteiger partial charge in [0.2, 0.25) is 0 Å². The van der Waals surface area contributed by atoms with Crippen LogP contribution in [0.3, 0.4) is 0 Å². The van der Waals surface area contributed by atoms with E-state index in [2.05, 4.69) is 5.18 Å². The number of fused-ring (bicyclic) bond motifs is 1. The second-order valence-electron chi connectivity index (χ2n) is 3.40. The second kappa shape index (κ2) is 3.17. The van der Waals surface area contributed by atoms with Gasteiger partial charge < -0.3 is 5.11 Å². The van der Waals surface area contributed by atoms with Crippen molar-refractivity contribution in [3.63, 3.8) is 0 Å². The van der Waals surface area contributed by atoms with Crippen LogP contribution < -0.4 is 0 Å². The molecule has 0 heterocycles. The molecule has 0 aliphatic heterocycles.